The molecule has 3 aromatic rings. The largest absolute Gasteiger partial charge is 0.374 e. The molecule has 0 saturated carbocycles. The summed E-state index contributed by atoms with van der Waals surface area (Å²) in [6, 6.07) is 14.3. The van der Waals surface area contributed by atoms with Gasteiger partial charge in [-0.1, -0.05) is 30.3 Å². The van der Waals surface area contributed by atoms with Crippen LogP contribution in [0.1, 0.15) is 35.4 Å². The highest BCUT2D eigenvalue weighted by Gasteiger charge is 2.20. The van der Waals surface area contributed by atoms with Gasteiger partial charge in [-0.15, -0.1) is 10.2 Å². The first-order chi connectivity index (χ1) is 15.0. The molecule has 1 amide bonds. The summed E-state index contributed by atoms with van der Waals surface area (Å²) in [5.74, 6) is -0.366. The zero-order valence-electron chi connectivity index (χ0n) is 17.2. The number of rotatable bonds is 10. The predicted molar refractivity (Wildman–Crippen MR) is 116 cm³/mol. The first-order valence-electron chi connectivity index (χ1n) is 9.70. The van der Waals surface area contributed by atoms with Crippen molar-refractivity contribution in [1.82, 2.24) is 20.1 Å². The molecule has 0 bridgehead atoms. The SMILES string of the molecule is CC(OCCCNC(=O)c1ccc(Sc2nncn2C)c([N+](=O)[O-])c1)c1ccccc1. The highest BCUT2D eigenvalue weighted by atomic mass is 32.2. The van der Waals surface area contributed by atoms with Gasteiger partial charge in [-0.05, 0) is 42.8 Å². The zero-order chi connectivity index (χ0) is 22.2. The van der Waals surface area contributed by atoms with Gasteiger partial charge in [0.05, 0.1) is 15.9 Å². The molecule has 0 aliphatic carbocycles. The number of hydrogen-bond acceptors (Lipinski definition) is 7. The molecule has 3 rings (SSSR count). The molecule has 0 fully saturated rings. The van der Waals surface area contributed by atoms with Crippen molar-refractivity contribution in [2.45, 2.75) is 29.5 Å². The minimum atomic E-state index is -0.506. The van der Waals surface area contributed by atoms with Crippen LogP contribution in [0.25, 0.3) is 0 Å². The summed E-state index contributed by atoms with van der Waals surface area (Å²) in [6.07, 6.45) is 2.12. The number of ether oxygens (including phenoxy) is 1. The monoisotopic (exact) mass is 441 g/mol. The lowest BCUT2D eigenvalue weighted by atomic mass is 10.1. The number of nitro benzene ring substituents is 1. The maximum atomic E-state index is 12.4. The van der Waals surface area contributed by atoms with Gasteiger partial charge in [0, 0.05) is 31.8 Å². The van der Waals surface area contributed by atoms with Gasteiger partial charge >= 0.3 is 0 Å². The van der Waals surface area contributed by atoms with Crippen LogP contribution in [0, 0.1) is 10.1 Å². The quantitative estimate of drug-likeness (QED) is 0.289. The van der Waals surface area contributed by atoms with Gasteiger partial charge in [0.25, 0.3) is 11.6 Å². The van der Waals surface area contributed by atoms with E-state index < -0.39 is 4.92 Å². The third-order valence-electron chi connectivity index (χ3n) is 4.53. The highest BCUT2D eigenvalue weighted by Crippen LogP contribution is 2.34. The molecule has 10 heteroatoms. The van der Waals surface area contributed by atoms with E-state index in [0.717, 1.165) is 17.3 Å². The van der Waals surface area contributed by atoms with Crippen LogP contribution in [0.4, 0.5) is 5.69 Å². The fourth-order valence-electron chi connectivity index (χ4n) is 2.81. The van der Waals surface area contributed by atoms with E-state index in [4.69, 9.17) is 4.74 Å². The molecule has 0 aliphatic heterocycles. The Hall–Kier alpha value is -3.24. The second-order valence-corrected chi connectivity index (χ2v) is 7.81. The molecule has 2 aromatic carbocycles. The maximum Gasteiger partial charge on any atom is 0.284 e. The molecule has 0 aliphatic rings. The third-order valence-corrected chi connectivity index (χ3v) is 5.65. The van der Waals surface area contributed by atoms with Crippen molar-refractivity contribution in [1.29, 1.82) is 0 Å². The van der Waals surface area contributed by atoms with Crippen LogP contribution in [-0.2, 0) is 11.8 Å². The fourth-order valence-corrected chi connectivity index (χ4v) is 3.66. The van der Waals surface area contributed by atoms with Gasteiger partial charge in [0.1, 0.15) is 6.33 Å². The van der Waals surface area contributed by atoms with Crippen LogP contribution in [0.5, 0.6) is 0 Å². The van der Waals surface area contributed by atoms with Gasteiger partial charge in [-0.3, -0.25) is 14.9 Å². The number of nitrogens with one attached hydrogen (secondary N) is 1. The molecule has 162 valence electrons. The number of aromatic nitrogens is 3. The number of aryl methyl sites for hydroxylation is 1. The van der Waals surface area contributed by atoms with Gasteiger partial charge in [0.15, 0.2) is 5.16 Å². The number of hydrogen-bond donors (Lipinski definition) is 1. The summed E-state index contributed by atoms with van der Waals surface area (Å²) in [5, 5.41) is 22.5. The van der Waals surface area contributed by atoms with Crippen molar-refractivity contribution >= 4 is 23.4 Å². The Morgan fingerprint density at radius 1 is 1.29 bits per heavy atom. The standard InChI is InChI=1S/C21H23N5O4S/c1-15(16-7-4-3-5-8-16)30-12-6-11-22-20(27)17-9-10-19(18(13-17)26(28)29)31-21-24-23-14-25(21)2/h3-5,7-10,13-15H,6,11-12H2,1-2H3,(H,22,27). The van der Waals surface area contributed by atoms with Crippen molar-refractivity contribution in [3.05, 3.63) is 76.1 Å². The van der Waals surface area contributed by atoms with E-state index in [1.807, 2.05) is 37.3 Å². The number of nitrogens with zero attached hydrogens (tertiary/aromatic N) is 4. The average Bonchev–Trinajstić information content (AvgIpc) is 3.18. The Bertz CT molecular complexity index is 1040. The summed E-state index contributed by atoms with van der Waals surface area (Å²) >= 11 is 1.12. The van der Waals surface area contributed by atoms with E-state index in [9.17, 15) is 14.9 Å². The summed E-state index contributed by atoms with van der Waals surface area (Å²) in [6.45, 7) is 2.88. The summed E-state index contributed by atoms with van der Waals surface area (Å²) in [5.41, 5.74) is 1.17. The van der Waals surface area contributed by atoms with Crippen LogP contribution in [0.15, 0.2) is 64.9 Å². The molecule has 1 N–H and O–H groups in total. The van der Waals surface area contributed by atoms with E-state index >= 15 is 0 Å². The Labute approximate surface area is 184 Å². The third kappa shape index (κ3) is 6.12. The second-order valence-electron chi connectivity index (χ2n) is 6.80. The summed E-state index contributed by atoms with van der Waals surface area (Å²) in [7, 11) is 1.75. The zero-order valence-corrected chi connectivity index (χ0v) is 18.0. The smallest absolute Gasteiger partial charge is 0.284 e. The van der Waals surface area contributed by atoms with Crippen molar-refractivity contribution in [2.24, 2.45) is 7.05 Å². The van der Waals surface area contributed by atoms with Gasteiger partial charge < -0.3 is 14.6 Å². The topological polar surface area (TPSA) is 112 Å². The Kier molecular flexibility index (Phi) is 7.74. The summed E-state index contributed by atoms with van der Waals surface area (Å²) in [4.78, 5) is 23.8. The fraction of sp³-hybridized carbons (Fsp3) is 0.286. The van der Waals surface area contributed by atoms with Gasteiger partial charge in [-0.2, -0.15) is 0 Å². The molecule has 9 nitrogen and oxygen atoms in total. The Morgan fingerprint density at radius 3 is 2.74 bits per heavy atom. The molecule has 31 heavy (non-hydrogen) atoms. The van der Waals surface area contributed by atoms with E-state index in [1.165, 1.54) is 12.4 Å². The van der Waals surface area contributed by atoms with Crippen LogP contribution in [0.3, 0.4) is 0 Å². The number of nitro groups is 1. The van der Waals surface area contributed by atoms with E-state index in [-0.39, 0.29) is 23.3 Å². The Morgan fingerprint density at radius 2 is 2.06 bits per heavy atom. The van der Waals surface area contributed by atoms with Crippen molar-refractivity contribution in [3.8, 4) is 0 Å². The first kappa shape index (κ1) is 22.4. The molecular formula is C21H23N5O4S. The lowest BCUT2D eigenvalue weighted by Gasteiger charge is -2.13. The maximum absolute atomic E-state index is 12.4. The summed E-state index contributed by atoms with van der Waals surface area (Å²) < 4.78 is 7.45. The molecule has 0 radical (unpaired) electrons. The van der Waals surface area contributed by atoms with Gasteiger partial charge in [-0.25, -0.2) is 0 Å². The first-order valence-corrected chi connectivity index (χ1v) is 10.5. The minimum Gasteiger partial charge on any atom is -0.374 e. The van der Waals surface area contributed by atoms with Crippen molar-refractivity contribution in [2.75, 3.05) is 13.2 Å². The predicted octanol–water partition coefficient (Wildman–Crippen LogP) is 3.77. The number of carbonyl (C=O) groups is 1. The molecule has 0 spiro atoms. The average molecular weight is 442 g/mol. The van der Waals surface area contributed by atoms with E-state index in [2.05, 4.69) is 15.5 Å². The highest BCUT2D eigenvalue weighted by molar-refractivity contribution is 7.99. The van der Waals surface area contributed by atoms with Crippen LogP contribution >= 0.6 is 11.8 Å². The molecule has 1 atom stereocenters. The van der Waals surface area contributed by atoms with Crippen LogP contribution in [0.2, 0.25) is 0 Å². The van der Waals surface area contributed by atoms with Crippen LogP contribution in [-0.4, -0.2) is 38.7 Å². The minimum absolute atomic E-state index is 0.0292. The molecule has 1 heterocycles. The normalized spacial score (nSPS) is 11.8. The number of carbonyl (C=O) groups excluding carboxylic acids is 1. The Balaban J connectivity index is 1.52. The molecular weight excluding hydrogens is 418 g/mol. The second kappa shape index (κ2) is 10.7. The van der Waals surface area contributed by atoms with Crippen LogP contribution < -0.4 is 5.32 Å². The number of amides is 1. The lowest BCUT2D eigenvalue weighted by Crippen LogP contribution is -2.25. The molecule has 1 aromatic heterocycles. The van der Waals surface area contributed by atoms with Crippen molar-refractivity contribution < 1.29 is 14.5 Å². The lowest BCUT2D eigenvalue weighted by molar-refractivity contribution is -0.387. The van der Waals surface area contributed by atoms with Crippen molar-refractivity contribution in [3.63, 3.8) is 0 Å². The molecule has 0 saturated heterocycles. The van der Waals surface area contributed by atoms with Gasteiger partial charge in [0.2, 0.25) is 0 Å². The van der Waals surface area contributed by atoms with E-state index in [0.29, 0.717) is 29.6 Å². The molecule has 1 unspecified atom stereocenters. The number of benzene rings is 2. The van der Waals surface area contributed by atoms with E-state index in [1.54, 1.807) is 23.7 Å².